The summed E-state index contributed by atoms with van der Waals surface area (Å²) < 4.78 is 1.12. The first-order valence-corrected chi connectivity index (χ1v) is 8.66. The molecule has 0 radical (unpaired) electrons. The molecule has 1 aromatic heterocycles. The Morgan fingerprint density at radius 3 is 3.25 bits per heavy atom. The number of aryl methyl sites for hydroxylation is 1. The molecule has 6 heteroatoms. The molecule has 2 aromatic rings. The van der Waals surface area contributed by atoms with E-state index in [1.807, 2.05) is 23.9 Å². The Bertz CT molecular complexity index is 620. The van der Waals surface area contributed by atoms with Crippen LogP contribution in [0.2, 0.25) is 0 Å². The van der Waals surface area contributed by atoms with Gasteiger partial charge in [-0.1, -0.05) is 17.4 Å². The smallest absolute Gasteiger partial charge is 0.227 e. The third kappa shape index (κ3) is 3.31. The maximum atomic E-state index is 12.0. The van der Waals surface area contributed by atoms with E-state index in [2.05, 4.69) is 28.6 Å². The fourth-order valence-corrected chi connectivity index (χ4v) is 4.16. The Morgan fingerprint density at radius 2 is 2.45 bits per heavy atom. The van der Waals surface area contributed by atoms with Crippen molar-refractivity contribution in [3.05, 3.63) is 23.8 Å². The van der Waals surface area contributed by atoms with Gasteiger partial charge in [-0.15, -0.1) is 0 Å². The highest BCUT2D eigenvalue weighted by atomic mass is 32.2. The van der Waals surface area contributed by atoms with Gasteiger partial charge in [0.25, 0.3) is 0 Å². The topological polar surface area (TPSA) is 54.0 Å². The average molecular weight is 307 g/mol. The summed E-state index contributed by atoms with van der Waals surface area (Å²) in [7, 11) is 0. The zero-order chi connectivity index (χ0) is 13.9. The van der Waals surface area contributed by atoms with E-state index in [-0.39, 0.29) is 11.9 Å². The third-order valence-corrected chi connectivity index (χ3v) is 5.29. The lowest BCUT2D eigenvalue weighted by atomic mass is 10.2. The molecule has 1 atom stereocenters. The van der Waals surface area contributed by atoms with E-state index in [1.165, 1.54) is 16.9 Å². The van der Waals surface area contributed by atoms with Crippen LogP contribution in [0.3, 0.4) is 0 Å². The molecular weight excluding hydrogens is 290 g/mol. The van der Waals surface area contributed by atoms with Crippen molar-refractivity contribution in [2.24, 2.45) is 0 Å². The van der Waals surface area contributed by atoms with Crippen molar-refractivity contribution < 1.29 is 4.79 Å². The van der Waals surface area contributed by atoms with Gasteiger partial charge >= 0.3 is 0 Å². The second-order valence-electron chi connectivity index (χ2n) is 4.97. The Morgan fingerprint density at radius 1 is 1.55 bits per heavy atom. The van der Waals surface area contributed by atoms with Gasteiger partial charge in [0.05, 0.1) is 10.2 Å². The molecule has 1 aliphatic heterocycles. The highest BCUT2D eigenvalue weighted by Gasteiger charge is 2.17. The minimum Gasteiger partial charge on any atom is -0.312 e. The normalized spacial score (nSPS) is 19.1. The number of fused-ring (bicyclic) bond motifs is 1. The predicted octanol–water partition coefficient (Wildman–Crippen LogP) is 2.64. The number of benzene rings is 1. The summed E-state index contributed by atoms with van der Waals surface area (Å²) in [6.45, 7) is 3.05. The molecule has 2 heterocycles. The van der Waals surface area contributed by atoms with Crippen LogP contribution in [0.4, 0.5) is 5.13 Å². The average Bonchev–Trinajstić information content (AvgIpc) is 2.80. The standard InChI is InChI=1S/C14H17N3OS2/c1-9-2-3-11-12(6-9)20-14(16-11)17-13(18)7-10-8-19-5-4-15-10/h2-3,6,10,15H,4-5,7-8H2,1H3,(H,16,17,18). The Balaban J connectivity index is 1.64. The molecule has 3 rings (SSSR count). The van der Waals surface area contributed by atoms with E-state index >= 15 is 0 Å². The second-order valence-corrected chi connectivity index (χ2v) is 7.15. The third-order valence-electron chi connectivity index (χ3n) is 3.22. The number of thiazole rings is 1. The van der Waals surface area contributed by atoms with E-state index in [0.29, 0.717) is 11.6 Å². The van der Waals surface area contributed by atoms with Crippen LogP contribution in [-0.4, -0.2) is 35.0 Å². The number of nitrogens with one attached hydrogen (secondary N) is 2. The number of carbonyl (C=O) groups excluding carboxylic acids is 1. The lowest BCUT2D eigenvalue weighted by molar-refractivity contribution is -0.116. The van der Waals surface area contributed by atoms with Crippen LogP contribution < -0.4 is 10.6 Å². The lowest BCUT2D eigenvalue weighted by Gasteiger charge is -2.22. The van der Waals surface area contributed by atoms with E-state index in [9.17, 15) is 4.79 Å². The second kappa shape index (κ2) is 6.11. The summed E-state index contributed by atoms with van der Waals surface area (Å²) in [6, 6.07) is 6.42. The maximum Gasteiger partial charge on any atom is 0.227 e. The molecule has 1 amide bonds. The summed E-state index contributed by atoms with van der Waals surface area (Å²) in [5, 5.41) is 6.98. The highest BCUT2D eigenvalue weighted by Crippen LogP contribution is 2.26. The molecule has 1 aliphatic rings. The minimum absolute atomic E-state index is 0.0424. The van der Waals surface area contributed by atoms with Crippen LogP contribution in [0.1, 0.15) is 12.0 Å². The van der Waals surface area contributed by atoms with Gasteiger partial charge in [0, 0.05) is 30.5 Å². The summed E-state index contributed by atoms with van der Waals surface area (Å²) in [6.07, 6.45) is 0.516. The number of anilines is 1. The molecule has 1 aromatic carbocycles. The molecule has 0 aliphatic carbocycles. The molecule has 1 unspecified atom stereocenters. The molecule has 1 fully saturated rings. The number of hydrogen-bond acceptors (Lipinski definition) is 5. The Hall–Kier alpha value is -1.11. The largest absolute Gasteiger partial charge is 0.312 e. The number of amides is 1. The van der Waals surface area contributed by atoms with E-state index in [4.69, 9.17) is 0 Å². The van der Waals surface area contributed by atoms with Crippen LogP contribution >= 0.6 is 23.1 Å². The monoisotopic (exact) mass is 307 g/mol. The lowest BCUT2D eigenvalue weighted by Crippen LogP contribution is -2.39. The van der Waals surface area contributed by atoms with Gasteiger partial charge in [0.15, 0.2) is 5.13 Å². The molecular formula is C14H17N3OS2. The van der Waals surface area contributed by atoms with Gasteiger partial charge in [-0.05, 0) is 24.6 Å². The van der Waals surface area contributed by atoms with Crippen molar-refractivity contribution in [3.63, 3.8) is 0 Å². The number of hydrogen-bond donors (Lipinski definition) is 2. The van der Waals surface area contributed by atoms with E-state index < -0.39 is 0 Å². The van der Waals surface area contributed by atoms with Gasteiger partial charge < -0.3 is 10.6 Å². The number of nitrogens with zero attached hydrogens (tertiary/aromatic N) is 1. The molecule has 0 bridgehead atoms. The fraction of sp³-hybridized carbons (Fsp3) is 0.429. The zero-order valence-corrected chi connectivity index (χ0v) is 12.9. The van der Waals surface area contributed by atoms with E-state index in [1.54, 1.807) is 0 Å². The van der Waals surface area contributed by atoms with Gasteiger partial charge in [0.2, 0.25) is 5.91 Å². The first kappa shape index (κ1) is 13.9. The van der Waals surface area contributed by atoms with Crippen LogP contribution in [0.5, 0.6) is 0 Å². The minimum atomic E-state index is 0.0424. The number of aromatic nitrogens is 1. The summed E-state index contributed by atoms with van der Waals surface area (Å²) >= 11 is 3.43. The first-order valence-electron chi connectivity index (χ1n) is 6.69. The Kier molecular flexibility index (Phi) is 4.24. The van der Waals surface area contributed by atoms with Crippen LogP contribution in [-0.2, 0) is 4.79 Å². The van der Waals surface area contributed by atoms with Crippen molar-refractivity contribution in [2.75, 3.05) is 23.4 Å². The van der Waals surface area contributed by atoms with Gasteiger partial charge in [-0.25, -0.2) is 4.98 Å². The number of rotatable bonds is 3. The van der Waals surface area contributed by atoms with Gasteiger partial charge in [0.1, 0.15) is 0 Å². The van der Waals surface area contributed by atoms with Crippen molar-refractivity contribution in [1.29, 1.82) is 0 Å². The first-order chi connectivity index (χ1) is 9.70. The Labute approximate surface area is 126 Å². The molecule has 20 heavy (non-hydrogen) atoms. The molecule has 1 saturated heterocycles. The van der Waals surface area contributed by atoms with Crippen molar-refractivity contribution in [1.82, 2.24) is 10.3 Å². The van der Waals surface area contributed by atoms with Crippen molar-refractivity contribution in [3.8, 4) is 0 Å². The number of thioether (sulfide) groups is 1. The highest BCUT2D eigenvalue weighted by molar-refractivity contribution is 7.99. The summed E-state index contributed by atoms with van der Waals surface area (Å²) in [4.78, 5) is 16.5. The zero-order valence-electron chi connectivity index (χ0n) is 11.3. The van der Waals surface area contributed by atoms with Crippen LogP contribution in [0.15, 0.2) is 18.2 Å². The SMILES string of the molecule is Cc1ccc2nc(NC(=O)CC3CSCCN3)sc2c1. The van der Waals surface area contributed by atoms with E-state index in [0.717, 1.165) is 28.3 Å². The molecule has 106 valence electrons. The molecule has 0 spiro atoms. The van der Waals surface area contributed by atoms with Crippen LogP contribution in [0.25, 0.3) is 10.2 Å². The predicted molar refractivity (Wildman–Crippen MR) is 86.7 cm³/mol. The fourth-order valence-electron chi connectivity index (χ4n) is 2.23. The molecule has 0 saturated carbocycles. The van der Waals surface area contributed by atoms with Gasteiger partial charge in [-0.3, -0.25) is 4.79 Å². The summed E-state index contributed by atoms with van der Waals surface area (Å²) in [5.41, 5.74) is 2.16. The summed E-state index contributed by atoms with van der Waals surface area (Å²) in [5.74, 6) is 2.18. The van der Waals surface area contributed by atoms with Crippen LogP contribution in [0, 0.1) is 6.92 Å². The van der Waals surface area contributed by atoms with Crippen molar-refractivity contribution >= 4 is 44.4 Å². The quantitative estimate of drug-likeness (QED) is 0.915. The molecule has 2 N–H and O–H groups in total. The molecule has 4 nitrogen and oxygen atoms in total. The number of carbonyl (C=O) groups is 1. The van der Waals surface area contributed by atoms with Gasteiger partial charge in [-0.2, -0.15) is 11.8 Å². The van der Waals surface area contributed by atoms with Crippen molar-refractivity contribution in [2.45, 2.75) is 19.4 Å². The maximum absolute atomic E-state index is 12.0.